The third kappa shape index (κ3) is 3.96. The number of aryl methyl sites for hydroxylation is 1. The minimum absolute atomic E-state index is 0.211. The molecular formula is C20H23N3O4. The van der Waals surface area contributed by atoms with Crippen LogP contribution in [-0.4, -0.2) is 32.7 Å². The van der Waals surface area contributed by atoms with Gasteiger partial charge in [-0.25, -0.2) is 4.79 Å². The number of carbonyl (C=O) groups is 2. The molecule has 1 atom stereocenters. The van der Waals surface area contributed by atoms with Gasteiger partial charge >= 0.3 is 5.69 Å². The van der Waals surface area contributed by atoms with Crippen LogP contribution in [0.15, 0.2) is 23.0 Å². The average Bonchev–Trinajstić information content (AvgIpc) is 2.89. The van der Waals surface area contributed by atoms with Gasteiger partial charge in [0, 0.05) is 32.1 Å². The van der Waals surface area contributed by atoms with Gasteiger partial charge in [-0.15, -0.1) is 0 Å². The highest BCUT2D eigenvalue weighted by Gasteiger charge is 2.31. The molecule has 0 spiro atoms. The summed E-state index contributed by atoms with van der Waals surface area (Å²) in [5.41, 5.74) is 1.89. The molecule has 7 nitrogen and oxygen atoms in total. The van der Waals surface area contributed by atoms with Crippen molar-refractivity contribution in [2.75, 3.05) is 6.61 Å². The molecule has 1 aromatic carbocycles. The van der Waals surface area contributed by atoms with E-state index in [0.29, 0.717) is 17.5 Å². The van der Waals surface area contributed by atoms with E-state index in [1.807, 2.05) is 12.1 Å². The number of benzene rings is 1. The Labute approximate surface area is 157 Å². The van der Waals surface area contributed by atoms with Crippen LogP contribution in [0.4, 0.5) is 0 Å². The van der Waals surface area contributed by atoms with Crippen LogP contribution < -0.4 is 11.0 Å². The number of hydrogen-bond acceptors (Lipinski definition) is 4. The molecule has 0 aliphatic carbocycles. The van der Waals surface area contributed by atoms with E-state index in [1.165, 1.54) is 9.13 Å². The maximum atomic E-state index is 12.7. The summed E-state index contributed by atoms with van der Waals surface area (Å²) in [6, 6.07) is 4.81. The molecule has 142 valence electrons. The Morgan fingerprint density at radius 2 is 2.00 bits per heavy atom. The van der Waals surface area contributed by atoms with Crippen molar-refractivity contribution in [1.82, 2.24) is 14.5 Å². The molecule has 3 rings (SSSR count). The Morgan fingerprint density at radius 1 is 1.19 bits per heavy atom. The fraction of sp³-hybridized carbons (Fsp3) is 0.450. The van der Waals surface area contributed by atoms with Crippen molar-refractivity contribution >= 4 is 22.8 Å². The van der Waals surface area contributed by atoms with Gasteiger partial charge in [0.25, 0.3) is 0 Å². The number of unbranched alkanes of at least 4 members (excludes halogenated alkanes) is 3. The quantitative estimate of drug-likeness (QED) is 0.471. The molecular weight excluding hydrogens is 346 g/mol. The number of fused-ring (bicyclic) bond motifs is 1. The Bertz CT molecular complexity index is 990. The number of nitrogens with zero attached hydrogens (tertiary/aromatic N) is 2. The molecule has 1 aromatic heterocycles. The van der Waals surface area contributed by atoms with E-state index < -0.39 is 11.9 Å². The van der Waals surface area contributed by atoms with Crippen LogP contribution in [0.1, 0.15) is 50.1 Å². The minimum atomic E-state index is -0.678. The lowest BCUT2D eigenvalue weighted by molar-refractivity contribution is -0.135. The lowest BCUT2D eigenvalue weighted by Crippen LogP contribution is -2.44. The predicted molar refractivity (Wildman–Crippen MR) is 101 cm³/mol. The van der Waals surface area contributed by atoms with Gasteiger partial charge in [-0.1, -0.05) is 18.3 Å². The highest BCUT2D eigenvalue weighted by Crippen LogP contribution is 2.23. The first kappa shape index (κ1) is 18.9. The molecule has 2 aromatic rings. The minimum Gasteiger partial charge on any atom is -0.396 e. The topological polar surface area (TPSA) is 93.3 Å². The van der Waals surface area contributed by atoms with Crippen molar-refractivity contribution < 1.29 is 14.7 Å². The fourth-order valence-corrected chi connectivity index (χ4v) is 3.34. The molecule has 2 heterocycles. The van der Waals surface area contributed by atoms with Crippen LogP contribution in [0.5, 0.6) is 0 Å². The molecule has 27 heavy (non-hydrogen) atoms. The number of carbonyl (C=O) groups excluding carboxylic acids is 2. The van der Waals surface area contributed by atoms with Crippen LogP contribution in [0, 0.1) is 11.8 Å². The molecule has 1 saturated heterocycles. The number of piperidine rings is 1. The molecule has 1 aliphatic rings. The zero-order chi connectivity index (χ0) is 19.4. The van der Waals surface area contributed by atoms with Gasteiger partial charge in [0.1, 0.15) is 6.04 Å². The Hall–Kier alpha value is -2.85. The van der Waals surface area contributed by atoms with Gasteiger partial charge in [-0.05, 0) is 37.5 Å². The Kier molecular flexibility index (Phi) is 5.77. The number of nitrogens with one attached hydrogen (secondary N) is 1. The predicted octanol–water partition coefficient (Wildman–Crippen LogP) is 1.22. The molecule has 7 heteroatoms. The summed E-state index contributed by atoms with van der Waals surface area (Å²) in [5.74, 6) is 5.47. The first-order chi connectivity index (χ1) is 13.0. The third-order valence-electron chi connectivity index (χ3n) is 4.80. The summed E-state index contributed by atoms with van der Waals surface area (Å²) in [7, 11) is 1.67. The fourth-order valence-electron chi connectivity index (χ4n) is 3.34. The van der Waals surface area contributed by atoms with Crippen LogP contribution in [0.3, 0.4) is 0 Å². The van der Waals surface area contributed by atoms with Gasteiger partial charge < -0.3 is 5.11 Å². The summed E-state index contributed by atoms with van der Waals surface area (Å²) in [4.78, 5) is 36.3. The molecule has 1 unspecified atom stereocenters. The van der Waals surface area contributed by atoms with Crippen molar-refractivity contribution in [3.05, 3.63) is 34.2 Å². The van der Waals surface area contributed by atoms with E-state index in [4.69, 9.17) is 5.11 Å². The normalized spacial score (nSPS) is 16.9. The van der Waals surface area contributed by atoms with Crippen molar-refractivity contribution in [2.24, 2.45) is 7.05 Å². The second-order valence-corrected chi connectivity index (χ2v) is 6.72. The van der Waals surface area contributed by atoms with E-state index >= 15 is 0 Å². The molecule has 0 radical (unpaired) electrons. The number of aliphatic hydroxyl groups is 1. The Morgan fingerprint density at radius 3 is 2.74 bits per heavy atom. The van der Waals surface area contributed by atoms with Crippen molar-refractivity contribution in [2.45, 2.75) is 44.6 Å². The molecule has 2 N–H and O–H groups in total. The number of imide groups is 1. The average molecular weight is 369 g/mol. The number of rotatable bonds is 5. The highest BCUT2D eigenvalue weighted by atomic mass is 16.3. The lowest BCUT2D eigenvalue weighted by Gasteiger charge is -2.21. The zero-order valence-corrected chi connectivity index (χ0v) is 15.3. The van der Waals surface area contributed by atoms with Gasteiger partial charge in [-0.3, -0.25) is 24.0 Å². The smallest absolute Gasteiger partial charge is 0.329 e. The van der Waals surface area contributed by atoms with E-state index in [1.54, 1.807) is 13.1 Å². The van der Waals surface area contributed by atoms with Crippen LogP contribution in [-0.2, 0) is 16.6 Å². The first-order valence-electron chi connectivity index (χ1n) is 9.17. The second kappa shape index (κ2) is 8.23. The van der Waals surface area contributed by atoms with Crippen molar-refractivity contribution in [3.8, 4) is 11.8 Å². The van der Waals surface area contributed by atoms with E-state index in [9.17, 15) is 14.4 Å². The number of amides is 2. The number of aliphatic hydroxyl groups excluding tert-OH is 1. The van der Waals surface area contributed by atoms with Gasteiger partial charge in [0.15, 0.2) is 0 Å². The Balaban J connectivity index is 1.87. The molecule has 0 bridgehead atoms. The van der Waals surface area contributed by atoms with Crippen molar-refractivity contribution in [1.29, 1.82) is 0 Å². The van der Waals surface area contributed by atoms with Gasteiger partial charge in [-0.2, -0.15) is 0 Å². The monoisotopic (exact) mass is 369 g/mol. The highest BCUT2D eigenvalue weighted by molar-refractivity contribution is 6.00. The molecule has 2 amide bonds. The summed E-state index contributed by atoms with van der Waals surface area (Å²) in [6.07, 6.45) is 3.99. The maximum Gasteiger partial charge on any atom is 0.329 e. The first-order valence-corrected chi connectivity index (χ1v) is 9.17. The maximum absolute atomic E-state index is 12.7. The standard InChI is InChI=1S/C20H23N3O4/c1-22-17-13-14(7-5-3-2-4-6-12-24)8-9-15(17)23(20(22)27)16-10-11-18(25)21-19(16)26/h8-9,13,16,24H,2-4,6,10-12H2,1H3,(H,21,25,26). The molecule has 1 fully saturated rings. The summed E-state index contributed by atoms with van der Waals surface area (Å²) in [5, 5.41) is 11.1. The largest absolute Gasteiger partial charge is 0.396 e. The summed E-state index contributed by atoms with van der Waals surface area (Å²) in [6.45, 7) is 0.211. The second-order valence-electron chi connectivity index (χ2n) is 6.72. The van der Waals surface area contributed by atoms with E-state index in [-0.39, 0.29) is 24.6 Å². The van der Waals surface area contributed by atoms with Crippen LogP contribution >= 0.6 is 0 Å². The molecule has 0 saturated carbocycles. The zero-order valence-electron chi connectivity index (χ0n) is 15.3. The van der Waals surface area contributed by atoms with Crippen LogP contribution in [0.25, 0.3) is 11.0 Å². The van der Waals surface area contributed by atoms with Gasteiger partial charge in [0.2, 0.25) is 11.8 Å². The van der Waals surface area contributed by atoms with E-state index in [0.717, 1.165) is 31.2 Å². The number of aromatic nitrogens is 2. The third-order valence-corrected chi connectivity index (χ3v) is 4.80. The number of imidazole rings is 1. The summed E-state index contributed by atoms with van der Waals surface area (Å²) < 4.78 is 2.97. The van der Waals surface area contributed by atoms with Crippen molar-refractivity contribution in [3.63, 3.8) is 0 Å². The van der Waals surface area contributed by atoms with Gasteiger partial charge in [0.05, 0.1) is 11.0 Å². The van der Waals surface area contributed by atoms with E-state index in [2.05, 4.69) is 17.2 Å². The lowest BCUT2D eigenvalue weighted by atomic mass is 10.1. The van der Waals surface area contributed by atoms with Crippen LogP contribution in [0.2, 0.25) is 0 Å². The summed E-state index contributed by atoms with van der Waals surface area (Å²) >= 11 is 0. The molecule has 1 aliphatic heterocycles. The number of hydrogen-bond donors (Lipinski definition) is 2. The SMILES string of the molecule is Cn1c(=O)n(C2CCC(=O)NC2=O)c2ccc(C#CCCCCCO)cc21.